The van der Waals surface area contributed by atoms with E-state index in [1.54, 1.807) is 11.8 Å². The van der Waals surface area contributed by atoms with Gasteiger partial charge in [-0.2, -0.15) is 0 Å². The van der Waals surface area contributed by atoms with Crippen molar-refractivity contribution in [1.29, 1.82) is 0 Å². The number of nitrogens with zero attached hydrogens (tertiary/aromatic N) is 2. The normalized spacial score (nSPS) is 16.8. The molecule has 1 aliphatic heterocycles. The van der Waals surface area contributed by atoms with E-state index in [4.69, 9.17) is 0 Å². The maximum Gasteiger partial charge on any atom is 0.269 e. The van der Waals surface area contributed by atoms with Crippen molar-refractivity contribution in [3.05, 3.63) is 64.2 Å². The molecule has 128 valence electrons. The Balaban J connectivity index is 1.70. The Bertz CT molecular complexity index is 835. The number of carbonyl (C=O) groups is 2. The summed E-state index contributed by atoms with van der Waals surface area (Å²) in [5.41, 5.74) is 1.86. The number of non-ortho nitro benzene ring substituents is 1. The van der Waals surface area contributed by atoms with Crippen molar-refractivity contribution in [3.63, 3.8) is 0 Å². The van der Waals surface area contributed by atoms with Crippen molar-refractivity contribution in [1.82, 2.24) is 0 Å². The molecular weight excluding hydrogens is 322 g/mol. The zero-order chi connectivity index (χ0) is 18.0. The number of anilines is 2. The maximum absolute atomic E-state index is 12.5. The van der Waals surface area contributed by atoms with Crippen molar-refractivity contribution in [2.45, 2.75) is 13.3 Å². The summed E-state index contributed by atoms with van der Waals surface area (Å²) in [6.45, 7) is 2.01. The van der Waals surface area contributed by atoms with Gasteiger partial charge in [0, 0.05) is 36.5 Å². The molecule has 7 heteroatoms. The topological polar surface area (TPSA) is 92.5 Å². The van der Waals surface area contributed by atoms with E-state index in [-0.39, 0.29) is 23.9 Å². The average molecular weight is 339 g/mol. The predicted octanol–water partition coefficient (Wildman–Crippen LogP) is 2.89. The summed E-state index contributed by atoms with van der Waals surface area (Å²) < 4.78 is 0. The van der Waals surface area contributed by atoms with E-state index in [9.17, 15) is 19.7 Å². The molecule has 2 aromatic carbocycles. The fourth-order valence-electron chi connectivity index (χ4n) is 2.88. The SMILES string of the molecule is Cc1cc([N+](=O)[O-])ccc1NC(=O)C1CC(=O)N(c2ccccc2)C1. The van der Waals surface area contributed by atoms with E-state index in [0.717, 1.165) is 5.69 Å². The van der Waals surface area contributed by atoms with E-state index >= 15 is 0 Å². The molecule has 7 nitrogen and oxygen atoms in total. The average Bonchev–Trinajstić information content (AvgIpc) is 2.99. The minimum absolute atomic E-state index is 0.0261. The number of hydrogen-bond donors (Lipinski definition) is 1. The molecule has 2 amide bonds. The van der Waals surface area contributed by atoms with E-state index in [1.165, 1.54) is 18.2 Å². The molecule has 2 aromatic rings. The Labute approximate surface area is 144 Å². The molecule has 1 aliphatic rings. The fourth-order valence-corrected chi connectivity index (χ4v) is 2.88. The molecule has 0 saturated carbocycles. The van der Waals surface area contributed by atoms with Gasteiger partial charge in [0.05, 0.1) is 10.8 Å². The Kier molecular flexibility index (Phi) is 4.47. The van der Waals surface area contributed by atoms with Gasteiger partial charge < -0.3 is 10.2 Å². The van der Waals surface area contributed by atoms with Gasteiger partial charge in [0.25, 0.3) is 5.69 Å². The summed E-state index contributed by atoms with van der Waals surface area (Å²) in [7, 11) is 0. The van der Waals surface area contributed by atoms with Crippen LogP contribution in [0.3, 0.4) is 0 Å². The molecule has 3 rings (SSSR count). The number of nitrogens with one attached hydrogen (secondary N) is 1. The molecule has 0 aliphatic carbocycles. The molecule has 1 atom stereocenters. The predicted molar refractivity (Wildman–Crippen MR) is 93.4 cm³/mol. The number of aryl methyl sites for hydroxylation is 1. The first-order valence-electron chi connectivity index (χ1n) is 7.87. The Morgan fingerprint density at radius 3 is 2.60 bits per heavy atom. The van der Waals surface area contributed by atoms with Crippen LogP contribution in [0.2, 0.25) is 0 Å². The second-order valence-electron chi connectivity index (χ2n) is 5.99. The third-order valence-corrected chi connectivity index (χ3v) is 4.24. The van der Waals surface area contributed by atoms with Crippen molar-refractivity contribution in [2.24, 2.45) is 5.92 Å². The Morgan fingerprint density at radius 1 is 1.24 bits per heavy atom. The second-order valence-corrected chi connectivity index (χ2v) is 5.99. The highest BCUT2D eigenvalue weighted by atomic mass is 16.6. The lowest BCUT2D eigenvalue weighted by Crippen LogP contribution is -2.28. The molecule has 1 unspecified atom stereocenters. The molecule has 25 heavy (non-hydrogen) atoms. The third-order valence-electron chi connectivity index (χ3n) is 4.24. The number of amides is 2. The van der Waals surface area contributed by atoms with E-state index in [0.29, 0.717) is 17.8 Å². The van der Waals surface area contributed by atoms with E-state index in [1.807, 2.05) is 30.3 Å². The van der Waals surface area contributed by atoms with Gasteiger partial charge in [-0.15, -0.1) is 0 Å². The van der Waals surface area contributed by atoms with Crippen LogP contribution in [0.25, 0.3) is 0 Å². The molecule has 1 heterocycles. The molecular formula is C18H17N3O4. The molecule has 0 spiro atoms. The van der Waals surface area contributed by atoms with Gasteiger partial charge in [-0.1, -0.05) is 18.2 Å². The first-order chi connectivity index (χ1) is 12.0. The van der Waals surface area contributed by atoms with Gasteiger partial charge in [-0.3, -0.25) is 19.7 Å². The summed E-state index contributed by atoms with van der Waals surface area (Å²) in [5.74, 6) is -0.808. The van der Waals surface area contributed by atoms with Gasteiger partial charge in [-0.25, -0.2) is 0 Å². The molecule has 1 saturated heterocycles. The third kappa shape index (κ3) is 3.50. The highest BCUT2D eigenvalue weighted by molar-refractivity contribution is 6.03. The highest BCUT2D eigenvalue weighted by Gasteiger charge is 2.35. The number of carbonyl (C=O) groups excluding carboxylic acids is 2. The zero-order valence-electron chi connectivity index (χ0n) is 13.6. The van der Waals surface area contributed by atoms with Gasteiger partial charge >= 0.3 is 0 Å². The second kappa shape index (κ2) is 6.72. The summed E-state index contributed by atoms with van der Waals surface area (Å²) in [5, 5.41) is 13.5. The van der Waals surface area contributed by atoms with E-state index in [2.05, 4.69) is 5.32 Å². The van der Waals surface area contributed by atoms with Crippen LogP contribution >= 0.6 is 0 Å². The van der Waals surface area contributed by atoms with Gasteiger partial charge in [0.15, 0.2) is 0 Å². The van der Waals surface area contributed by atoms with E-state index < -0.39 is 10.8 Å². The summed E-state index contributed by atoms with van der Waals surface area (Å²) in [4.78, 5) is 36.6. The lowest BCUT2D eigenvalue weighted by atomic mass is 10.1. The van der Waals surface area contributed by atoms with Gasteiger partial charge in [-0.05, 0) is 30.7 Å². The lowest BCUT2D eigenvalue weighted by Gasteiger charge is -2.16. The van der Waals surface area contributed by atoms with Gasteiger partial charge in [0.1, 0.15) is 0 Å². The lowest BCUT2D eigenvalue weighted by molar-refractivity contribution is -0.384. The minimum Gasteiger partial charge on any atom is -0.326 e. The number of para-hydroxylation sites is 1. The number of nitro groups is 1. The van der Waals surface area contributed by atoms with Crippen LogP contribution in [-0.4, -0.2) is 23.3 Å². The quantitative estimate of drug-likeness (QED) is 0.685. The maximum atomic E-state index is 12.5. The fraction of sp³-hybridized carbons (Fsp3) is 0.222. The smallest absolute Gasteiger partial charge is 0.269 e. The number of nitro benzene ring substituents is 1. The monoisotopic (exact) mass is 339 g/mol. The molecule has 1 N–H and O–H groups in total. The van der Waals surface area contributed by atoms with Crippen LogP contribution in [0, 0.1) is 23.0 Å². The van der Waals surface area contributed by atoms with Crippen LogP contribution in [0.1, 0.15) is 12.0 Å². The van der Waals surface area contributed by atoms with Crippen LogP contribution in [0.4, 0.5) is 17.1 Å². The van der Waals surface area contributed by atoms with Crippen molar-refractivity contribution >= 4 is 28.9 Å². The molecule has 0 radical (unpaired) electrons. The standard InChI is InChI=1S/C18H17N3O4/c1-12-9-15(21(24)25)7-8-16(12)19-18(23)13-10-17(22)20(11-13)14-5-3-2-4-6-14/h2-9,13H,10-11H2,1H3,(H,19,23). The summed E-state index contributed by atoms with van der Waals surface area (Å²) in [6, 6.07) is 13.5. The molecule has 0 bridgehead atoms. The minimum atomic E-state index is -0.480. The van der Waals surface area contributed by atoms with Gasteiger partial charge in [0.2, 0.25) is 11.8 Å². The molecule has 0 aromatic heterocycles. The first-order valence-corrected chi connectivity index (χ1v) is 7.87. The first kappa shape index (κ1) is 16.6. The zero-order valence-corrected chi connectivity index (χ0v) is 13.6. The largest absolute Gasteiger partial charge is 0.326 e. The van der Waals surface area contributed by atoms with Crippen molar-refractivity contribution < 1.29 is 14.5 Å². The van der Waals surface area contributed by atoms with Crippen LogP contribution < -0.4 is 10.2 Å². The summed E-state index contributed by atoms with van der Waals surface area (Å²) in [6.07, 6.45) is 0.146. The molecule has 1 fully saturated rings. The highest BCUT2D eigenvalue weighted by Crippen LogP contribution is 2.27. The van der Waals surface area contributed by atoms with Crippen molar-refractivity contribution in [2.75, 3.05) is 16.8 Å². The van der Waals surface area contributed by atoms with Crippen LogP contribution in [-0.2, 0) is 9.59 Å². The number of hydrogen-bond acceptors (Lipinski definition) is 4. The van der Waals surface area contributed by atoms with Crippen molar-refractivity contribution in [3.8, 4) is 0 Å². The number of rotatable bonds is 4. The van der Waals surface area contributed by atoms with Crippen LogP contribution in [0.15, 0.2) is 48.5 Å². The number of benzene rings is 2. The summed E-state index contributed by atoms with van der Waals surface area (Å²) >= 11 is 0. The Hall–Kier alpha value is -3.22. The van der Waals surface area contributed by atoms with Crippen LogP contribution in [0.5, 0.6) is 0 Å². The Morgan fingerprint density at radius 2 is 1.96 bits per heavy atom.